The number of nitrogens with two attached hydrogens (primary N) is 1. The van der Waals surface area contributed by atoms with E-state index in [1.54, 1.807) is 13.2 Å². The van der Waals surface area contributed by atoms with Crippen LogP contribution in [0.2, 0.25) is 0 Å². The predicted octanol–water partition coefficient (Wildman–Crippen LogP) is 1.55. The number of hydrogen-bond donors (Lipinski definition) is 1. The molecule has 1 saturated carbocycles. The summed E-state index contributed by atoms with van der Waals surface area (Å²) in [5, 5.41) is 0. The molecule has 0 unspecified atom stereocenters. The first-order chi connectivity index (χ1) is 5.81. The van der Waals surface area contributed by atoms with E-state index >= 15 is 0 Å². The van der Waals surface area contributed by atoms with Crippen molar-refractivity contribution >= 4 is 5.69 Å². The Hall–Kier alpha value is -1.25. The van der Waals surface area contributed by atoms with Crippen LogP contribution in [0.1, 0.15) is 24.5 Å². The number of hydrogen-bond acceptors (Lipinski definition) is 3. The van der Waals surface area contributed by atoms with Crippen LogP contribution in [-0.2, 0) is 0 Å². The second-order valence-corrected chi connectivity index (χ2v) is 3.10. The highest BCUT2D eigenvalue weighted by Crippen LogP contribution is 2.41. The Bertz CT molecular complexity index is 295. The van der Waals surface area contributed by atoms with Gasteiger partial charge in [0.15, 0.2) is 0 Å². The van der Waals surface area contributed by atoms with Crippen LogP contribution < -0.4 is 10.5 Å². The third kappa shape index (κ3) is 1.22. The summed E-state index contributed by atoms with van der Waals surface area (Å²) < 4.78 is 5.02. The summed E-state index contributed by atoms with van der Waals surface area (Å²) in [5.74, 6) is 1.24. The zero-order chi connectivity index (χ0) is 8.55. The quantitative estimate of drug-likeness (QED) is 0.721. The van der Waals surface area contributed by atoms with Crippen LogP contribution in [0.5, 0.6) is 5.88 Å². The van der Waals surface area contributed by atoms with E-state index in [1.807, 2.05) is 6.07 Å². The summed E-state index contributed by atoms with van der Waals surface area (Å²) in [6, 6.07) is 3.65. The third-order valence-corrected chi connectivity index (χ3v) is 2.11. The lowest BCUT2D eigenvalue weighted by Gasteiger charge is -2.04. The highest BCUT2D eigenvalue weighted by molar-refractivity contribution is 5.47. The first-order valence-corrected chi connectivity index (χ1v) is 4.11. The Morgan fingerprint density at radius 3 is 2.83 bits per heavy atom. The van der Waals surface area contributed by atoms with E-state index < -0.39 is 0 Å². The molecule has 3 nitrogen and oxygen atoms in total. The van der Waals surface area contributed by atoms with Gasteiger partial charge in [-0.25, -0.2) is 4.98 Å². The highest BCUT2D eigenvalue weighted by atomic mass is 16.5. The van der Waals surface area contributed by atoms with Crippen molar-refractivity contribution < 1.29 is 4.74 Å². The van der Waals surface area contributed by atoms with Gasteiger partial charge in [-0.05, 0) is 18.9 Å². The standard InChI is InChI=1S/C9H12N2O/c1-12-8-5-4-7(10)9(11-8)6-2-3-6/h4-6H,2-3,10H2,1H3. The predicted molar refractivity (Wildman–Crippen MR) is 47.2 cm³/mol. The van der Waals surface area contributed by atoms with Crippen molar-refractivity contribution in [3.63, 3.8) is 0 Å². The van der Waals surface area contributed by atoms with Gasteiger partial charge in [-0.3, -0.25) is 0 Å². The molecule has 0 radical (unpaired) electrons. The van der Waals surface area contributed by atoms with Gasteiger partial charge in [0, 0.05) is 12.0 Å². The molecule has 1 aliphatic rings. The first kappa shape index (κ1) is 7.40. The largest absolute Gasteiger partial charge is 0.481 e. The van der Waals surface area contributed by atoms with E-state index in [0.717, 1.165) is 11.4 Å². The zero-order valence-electron chi connectivity index (χ0n) is 7.08. The molecule has 1 aromatic heterocycles. The Labute approximate surface area is 71.6 Å². The maximum atomic E-state index is 5.77. The van der Waals surface area contributed by atoms with Gasteiger partial charge in [0.05, 0.1) is 18.5 Å². The minimum atomic E-state index is 0.583. The van der Waals surface area contributed by atoms with E-state index in [1.165, 1.54) is 12.8 Å². The van der Waals surface area contributed by atoms with Crippen LogP contribution in [0, 0.1) is 0 Å². The zero-order valence-corrected chi connectivity index (χ0v) is 7.08. The molecule has 1 aromatic rings. The molecule has 0 atom stereocenters. The number of methoxy groups -OCH3 is 1. The molecule has 0 bridgehead atoms. The third-order valence-electron chi connectivity index (χ3n) is 2.11. The van der Waals surface area contributed by atoms with Gasteiger partial charge in [-0.15, -0.1) is 0 Å². The molecule has 2 N–H and O–H groups in total. The number of pyridine rings is 1. The second kappa shape index (κ2) is 2.66. The van der Waals surface area contributed by atoms with Crippen LogP contribution in [0.25, 0.3) is 0 Å². The highest BCUT2D eigenvalue weighted by Gasteiger charge is 2.27. The fourth-order valence-electron chi connectivity index (χ4n) is 1.26. The number of rotatable bonds is 2. The summed E-state index contributed by atoms with van der Waals surface area (Å²) in [7, 11) is 1.62. The molecule has 2 rings (SSSR count). The molecule has 1 heterocycles. The molecule has 64 valence electrons. The molecule has 0 spiro atoms. The van der Waals surface area contributed by atoms with Crippen LogP contribution in [-0.4, -0.2) is 12.1 Å². The molecule has 12 heavy (non-hydrogen) atoms. The summed E-state index contributed by atoms with van der Waals surface area (Å²) >= 11 is 0. The Morgan fingerprint density at radius 2 is 2.25 bits per heavy atom. The van der Waals surface area contributed by atoms with Gasteiger partial charge in [0.1, 0.15) is 0 Å². The summed E-state index contributed by atoms with van der Waals surface area (Å²) in [5.41, 5.74) is 7.57. The minimum Gasteiger partial charge on any atom is -0.481 e. The number of nitrogens with zero attached hydrogens (tertiary/aromatic N) is 1. The van der Waals surface area contributed by atoms with E-state index in [4.69, 9.17) is 10.5 Å². The average Bonchev–Trinajstić information content (AvgIpc) is 2.88. The lowest BCUT2D eigenvalue weighted by Crippen LogP contribution is -1.98. The van der Waals surface area contributed by atoms with Crippen LogP contribution in [0.15, 0.2) is 12.1 Å². The first-order valence-electron chi connectivity index (χ1n) is 4.11. The van der Waals surface area contributed by atoms with Gasteiger partial charge in [-0.2, -0.15) is 0 Å². The number of anilines is 1. The Balaban J connectivity index is 2.36. The average molecular weight is 164 g/mol. The van der Waals surface area contributed by atoms with Gasteiger partial charge in [0.25, 0.3) is 0 Å². The summed E-state index contributed by atoms with van der Waals surface area (Å²) in [6.45, 7) is 0. The van der Waals surface area contributed by atoms with Crippen LogP contribution >= 0.6 is 0 Å². The van der Waals surface area contributed by atoms with Crippen LogP contribution in [0.4, 0.5) is 5.69 Å². The molecule has 0 aromatic carbocycles. The molecule has 1 aliphatic carbocycles. The topological polar surface area (TPSA) is 48.1 Å². The number of aromatic nitrogens is 1. The van der Waals surface area contributed by atoms with Gasteiger partial charge in [0.2, 0.25) is 5.88 Å². The number of nitrogen functional groups attached to an aromatic ring is 1. The van der Waals surface area contributed by atoms with Gasteiger partial charge < -0.3 is 10.5 Å². The maximum Gasteiger partial charge on any atom is 0.213 e. The Morgan fingerprint density at radius 1 is 1.50 bits per heavy atom. The molecule has 0 saturated heterocycles. The van der Waals surface area contributed by atoms with Crippen LogP contribution in [0.3, 0.4) is 0 Å². The lowest BCUT2D eigenvalue weighted by molar-refractivity contribution is 0.396. The number of ether oxygens (including phenoxy) is 1. The molecule has 0 aliphatic heterocycles. The fraction of sp³-hybridized carbons (Fsp3) is 0.444. The normalized spacial score (nSPS) is 16.1. The summed E-state index contributed by atoms with van der Waals surface area (Å²) in [4.78, 5) is 4.31. The second-order valence-electron chi connectivity index (χ2n) is 3.10. The van der Waals surface area contributed by atoms with Crippen molar-refractivity contribution in [3.05, 3.63) is 17.8 Å². The fourth-order valence-corrected chi connectivity index (χ4v) is 1.26. The minimum absolute atomic E-state index is 0.583. The van der Waals surface area contributed by atoms with E-state index in [2.05, 4.69) is 4.98 Å². The van der Waals surface area contributed by atoms with Crippen molar-refractivity contribution in [2.45, 2.75) is 18.8 Å². The van der Waals surface area contributed by atoms with E-state index in [-0.39, 0.29) is 0 Å². The maximum absolute atomic E-state index is 5.77. The monoisotopic (exact) mass is 164 g/mol. The molecule has 0 amide bonds. The van der Waals surface area contributed by atoms with E-state index in [9.17, 15) is 0 Å². The van der Waals surface area contributed by atoms with Gasteiger partial charge in [-0.1, -0.05) is 0 Å². The Kier molecular flexibility index (Phi) is 1.64. The SMILES string of the molecule is COc1ccc(N)c(C2CC2)n1. The molecular weight excluding hydrogens is 152 g/mol. The van der Waals surface area contributed by atoms with E-state index in [0.29, 0.717) is 11.8 Å². The van der Waals surface area contributed by atoms with Crippen molar-refractivity contribution in [2.75, 3.05) is 12.8 Å². The van der Waals surface area contributed by atoms with Crippen molar-refractivity contribution in [3.8, 4) is 5.88 Å². The lowest BCUT2D eigenvalue weighted by atomic mass is 10.2. The van der Waals surface area contributed by atoms with Gasteiger partial charge >= 0.3 is 0 Å². The molecule has 3 heteroatoms. The molecule has 1 fully saturated rings. The molecular formula is C9H12N2O. The van der Waals surface area contributed by atoms with Crippen molar-refractivity contribution in [2.24, 2.45) is 0 Å². The van der Waals surface area contributed by atoms with Crippen molar-refractivity contribution in [1.82, 2.24) is 4.98 Å². The summed E-state index contributed by atoms with van der Waals surface area (Å²) in [6.07, 6.45) is 2.43. The van der Waals surface area contributed by atoms with Crippen molar-refractivity contribution in [1.29, 1.82) is 0 Å². The smallest absolute Gasteiger partial charge is 0.213 e.